The summed E-state index contributed by atoms with van der Waals surface area (Å²) in [5.74, 6) is -1.14. The molecule has 0 radical (unpaired) electrons. The molecule has 19 heavy (non-hydrogen) atoms. The molecule has 1 rings (SSSR count). The third-order valence-corrected chi connectivity index (χ3v) is 2.89. The van der Waals surface area contributed by atoms with Gasteiger partial charge in [0.2, 0.25) is 0 Å². The number of thiocarbonyl (C=S) groups is 1. The molecule has 0 saturated heterocycles. The third-order valence-electron chi connectivity index (χ3n) is 2.69. The van der Waals surface area contributed by atoms with Crippen LogP contribution in [0.3, 0.4) is 0 Å². The number of rotatable bonds is 7. The zero-order valence-electron chi connectivity index (χ0n) is 11.3. The molecule has 0 amide bonds. The minimum Gasteiger partial charge on any atom is -0.393 e. The van der Waals surface area contributed by atoms with Gasteiger partial charge in [-0.05, 0) is 23.6 Å². The predicted molar refractivity (Wildman–Crippen MR) is 77.9 cm³/mol. The first-order valence-electron chi connectivity index (χ1n) is 6.33. The van der Waals surface area contributed by atoms with Crippen LogP contribution in [0.15, 0.2) is 18.2 Å². The van der Waals surface area contributed by atoms with Gasteiger partial charge < -0.3 is 5.73 Å². The molecule has 0 heterocycles. The Bertz CT molecular complexity index is 435. The lowest BCUT2D eigenvalue weighted by Crippen LogP contribution is -2.30. The molecule has 0 saturated carbocycles. The molecular weight excluding hydrogens is 266 g/mol. The van der Waals surface area contributed by atoms with Gasteiger partial charge in [-0.25, -0.2) is 8.78 Å². The first-order chi connectivity index (χ1) is 8.88. The molecule has 2 N–H and O–H groups in total. The number of nitrogens with two attached hydrogens (primary N) is 1. The van der Waals surface area contributed by atoms with E-state index in [0.29, 0.717) is 23.9 Å². The quantitative estimate of drug-likeness (QED) is 0.781. The topological polar surface area (TPSA) is 29.3 Å². The second kappa shape index (κ2) is 7.50. The maximum absolute atomic E-state index is 13.2. The fourth-order valence-corrected chi connectivity index (χ4v) is 2.01. The van der Waals surface area contributed by atoms with Gasteiger partial charge in [-0.15, -0.1) is 0 Å². The first-order valence-corrected chi connectivity index (χ1v) is 6.74. The van der Waals surface area contributed by atoms with Crippen LogP contribution in [0.1, 0.15) is 25.8 Å². The van der Waals surface area contributed by atoms with E-state index in [1.165, 1.54) is 6.07 Å². The van der Waals surface area contributed by atoms with Gasteiger partial charge in [0.1, 0.15) is 0 Å². The Kier molecular flexibility index (Phi) is 6.31. The van der Waals surface area contributed by atoms with E-state index >= 15 is 0 Å². The van der Waals surface area contributed by atoms with Crippen molar-refractivity contribution in [1.29, 1.82) is 0 Å². The molecule has 0 aliphatic heterocycles. The molecule has 1 aromatic carbocycles. The van der Waals surface area contributed by atoms with Crippen molar-refractivity contribution >= 4 is 17.2 Å². The molecule has 2 nitrogen and oxygen atoms in total. The van der Waals surface area contributed by atoms with Crippen molar-refractivity contribution < 1.29 is 8.78 Å². The highest BCUT2D eigenvalue weighted by Crippen LogP contribution is 2.12. The molecule has 0 atom stereocenters. The van der Waals surface area contributed by atoms with Gasteiger partial charge >= 0.3 is 0 Å². The Morgan fingerprint density at radius 3 is 2.53 bits per heavy atom. The summed E-state index contributed by atoms with van der Waals surface area (Å²) >= 11 is 4.87. The van der Waals surface area contributed by atoms with Crippen molar-refractivity contribution in [2.75, 3.05) is 13.1 Å². The smallest absolute Gasteiger partial charge is 0.159 e. The average Bonchev–Trinajstić information content (AvgIpc) is 2.30. The number of hydrogen-bond acceptors (Lipinski definition) is 2. The van der Waals surface area contributed by atoms with Crippen molar-refractivity contribution in [3.05, 3.63) is 35.4 Å². The molecule has 0 fully saturated rings. The Labute approximate surface area is 118 Å². The van der Waals surface area contributed by atoms with Crippen molar-refractivity contribution in [3.63, 3.8) is 0 Å². The Balaban J connectivity index is 2.69. The lowest BCUT2D eigenvalue weighted by Gasteiger charge is -2.24. The number of halogens is 2. The van der Waals surface area contributed by atoms with E-state index in [1.54, 1.807) is 6.07 Å². The summed E-state index contributed by atoms with van der Waals surface area (Å²) in [7, 11) is 0. The van der Waals surface area contributed by atoms with Crippen LogP contribution in [0.5, 0.6) is 0 Å². The molecule has 0 unspecified atom stereocenters. The first kappa shape index (κ1) is 16.0. The fourth-order valence-electron chi connectivity index (χ4n) is 1.92. The van der Waals surface area contributed by atoms with Gasteiger partial charge in [0, 0.05) is 26.1 Å². The van der Waals surface area contributed by atoms with Crippen LogP contribution in [-0.2, 0) is 6.54 Å². The Morgan fingerprint density at radius 1 is 1.32 bits per heavy atom. The lowest BCUT2D eigenvalue weighted by molar-refractivity contribution is 0.242. The van der Waals surface area contributed by atoms with Crippen molar-refractivity contribution in [1.82, 2.24) is 4.90 Å². The number of nitrogens with zero attached hydrogens (tertiary/aromatic N) is 1. The standard InChI is InChI=1S/C14H20F2N2S/c1-10(2)8-18(6-5-14(17)19)9-11-3-4-12(15)13(16)7-11/h3-4,7,10H,5-6,8-9H2,1-2H3,(H2,17,19). The molecular formula is C14H20F2N2S. The highest BCUT2D eigenvalue weighted by atomic mass is 32.1. The minimum absolute atomic E-state index is 0.471. The highest BCUT2D eigenvalue weighted by Gasteiger charge is 2.10. The van der Waals surface area contributed by atoms with E-state index in [2.05, 4.69) is 18.7 Å². The van der Waals surface area contributed by atoms with Crippen molar-refractivity contribution in [2.24, 2.45) is 11.7 Å². The van der Waals surface area contributed by atoms with Gasteiger partial charge in [0.25, 0.3) is 0 Å². The largest absolute Gasteiger partial charge is 0.393 e. The Morgan fingerprint density at radius 2 is 2.00 bits per heavy atom. The third kappa shape index (κ3) is 6.07. The molecule has 0 aliphatic rings. The van der Waals surface area contributed by atoms with Crippen LogP contribution in [0.2, 0.25) is 0 Å². The monoisotopic (exact) mass is 286 g/mol. The molecule has 1 aromatic rings. The van der Waals surface area contributed by atoms with Gasteiger partial charge in [0.05, 0.1) is 4.99 Å². The minimum atomic E-state index is -0.817. The van der Waals surface area contributed by atoms with E-state index in [0.717, 1.165) is 24.7 Å². The molecule has 106 valence electrons. The normalized spacial score (nSPS) is 11.3. The van der Waals surface area contributed by atoms with Gasteiger partial charge in [-0.3, -0.25) is 4.90 Å². The molecule has 0 aliphatic carbocycles. The van der Waals surface area contributed by atoms with Crippen LogP contribution in [0.25, 0.3) is 0 Å². The molecule has 0 aromatic heterocycles. The average molecular weight is 286 g/mol. The summed E-state index contributed by atoms with van der Waals surface area (Å²) < 4.78 is 26.0. The van der Waals surface area contributed by atoms with Gasteiger partial charge in [0.15, 0.2) is 11.6 Å². The zero-order valence-corrected chi connectivity index (χ0v) is 12.1. The number of hydrogen-bond donors (Lipinski definition) is 1. The zero-order chi connectivity index (χ0) is 14.4. The fraction of sp³-hybridized carbons (Fsp3) is 0.500. The van der Waals surface area contributed by atoms with Crippen LogP contribution in [-0.4, -0.2) is 23.0 Å². The van der Waals surface area contributed by atoms with Gasteiger partial charge in [-0.1, -0.05) is 32.1 Å². The number of benzene rings is 1. The Hall–Kier alpha value is -1.07. The van der Waals surface area contributed by atoms with Crippen LogP contribution >= 0.6 is 12.2 Å². The van der Waals surface area contributed by atoms with Crippen molar-refractivity contribution in [3.8, 4) is 0 Å². The lowest BCUT2D eigenvalue weighted by atomic mass is 10.1. The SMILES string of the molecule is CC(C)CN(CCC(N)=S)Cc1ccc(F)c(F)c1. The van der Waals surface area contributed by atoms with Crippen LogP contribution in [0.4, 0.5) is 8.78 Å². The predicted octanol–water partition coefficient (Wildman–Crippen LogP) is 3.10. The second-order valence-electron chi connectivity index (χ2n) is 5.09. The van der Waals surface area contributed by atoms with Gasteiger partial charge in [-0.2, -0.15) is 0 Å². The summed E-state index contributed by atoms with van der Waals surface area (Å²) in [5.41, 5.74) is 6.26. The maximum Gasteiger partial charge on any atom is 0.159 e. The summed E-state index contributed by atoms with van der Waals surface area (Å²) in [4.78, 5) is 2.62. The summed E-state index contributed by atoms with van der Waals surface area (Å²) in [6, 6.07) is 4.00. The van der Waals surface area contributed by atoms with Crippen molar-refractivity contribution in [2.45, 2.75) is 26.8 Å². The molecule has 0 spiro atoms. The highest BCUT2D eigenvalue weighted by molar-refractivity contribution is 7.80. The summed E-state index contributed by atoms with van der Waals surface area (Å²) in [5, 5.41) is 0. The van der Waals surface area contributed by atoms with Crippen LogP contribution < -0.4 is 5.73 Å². The second-order valence-corrected chi connectivity index (χ2v) is 5.62. The van der Waals surface area contributed by atoms with E-state index in [1.807, 2.05) is 0 Å². The van der Waals surface area contributed by atoms with E-state index < -0.39 is 11.6 Å². The van der Waals surface area contributed by atoms with E-state index in [4.69, 9.17) is 18.0 Å². The molecule has 5 heteroatoms. The van der Waals surface area contributed by atoms with E-state index in [9.17, 15) is 8.78 Å². The summed E-state index contributed by atoms with van der Waals surface area (Å²) in [6.07, 6.45) is 0.631. The maximum atomic E-state index is 13.2. The summed E-state index contributed by atoms with van der Waals surface area (Å²) in [6.45, 7) is 6.38. The molecule has 0 bridgehead atoms. The van der Waals surface area contributed by atoms with E-state index in [-0.39, 0.29) is 0 Å². The van der Waals surface area contributed by atoms with Crippen LogP contribution in [0, 0.1) is 17.6 Å².